The standard InChI is InChI=1S/C12H19N3O4S/c1-9(11-3-5-13-14(11)2)15(7-12(16)17)10-4-6-20(18,19)8-10/h3,5,9-10H,4,6-8H2,1-2H3,(H,16,17). The van der Waals surface area contributed by atoms with E-state index in [9.17, 15) is 13.2 Å². The van der Waals surface area contributed by atoms with E-state index in [0.717, 1.165) is 5.69 Å². The number of carboxylic acid groups (broad SMARTS) is 1. The van der Waals surface area contributed by atoms with E-state index in [1.807, 2.05) is 13.0 Å². The van der Waals surface area contributed by atoms with Gasteiger partial charge in [0.15, 0.2) is 9.84 Å². The molecule has 1 aliphatic rings. The summed E-state index contributed by atoms with van der Waals surface area (Å²) in [5.41, 5.74) is 0.871. The molecule has 0 radical (unpaired) electrons. The molecule has 2 rings (SSSR count). The number of carboxylic acids is 1. The summed E-state index contributed by atoms with van der Waals surface area (Å²) in [6.07, 6.45) is 2.13. The van der Waals surface area contributed by atoms with Gasteiger partial charge < -0.3 is 5.11 Å². The highest BCUT2D eigenvalue weighted by atomic mass is 32.2. The second-order valence-electron chi connectivity index (χ2n) is 5.18. The largest absolute Gasteiger partial charge is 0.480 e. The van der Waals surface area contributed by atoms with Gasteiger partial charge in [-0.2, -0.15) is 5.10 Å². The van der Waals surface area contributed by atoms with E-state index in [1.165, 1.54) is 0 Å². The molecule has 0 spiro atoms. The number of nitrogens with zero attached hydrogens (tertiary/aromatic N) is 3. The predicted molar refractivity (Wildman–Crippen MR) is 73.0 cm³/mol. The molecule has 0 amide bonds. The van der Waals surface area contributed by atoms with Gasteiger partial charge in [0.2, 0.25) is 0 Å². The van der Waals surface area contributed by atoms with E-state index < -0.39 is 15.8 Å². The Bertz CT molecular complexity index is 596. The van der Waals surface area contributed by atoms with Crippen molar-refractivity contribution in [1.29, 1.82) is 0 Å². The Kier molecular flexibility index (Phi) is 4.14. The van der Waals surface area contributed by atoms with E-state index in [-0.39, 0.29) is 30.1 Å². The maximum atomic E-state index is 11.6. The molecular formula is C12H19N3O4S. The molecule has 0 aromatic carbocycles. The van der Waals surface area contributed by atoms with Gasteiger partial charge in [0, 0.05) is 25.3 Å². The number of aromatic nitrogens is 2. The maximum absolute atomic E-state index is 11.6. The minimum absolute atomic E-state index is 0.0302. The van der Waals surface area contributed by atoms with Crippen LogP contribution in [0.4, 0.5) is 0 Å². The molecule has 0 aliphatic carbocycles. The average molecular weight is 301 g/mol. The van der Waals surface area contributed by atoms with Gasteiger partial charge in [0.1, 0.15) is 0 Å². The lowest BCUT2D eigenvalue weighted by molar-refractivity contribution is -0.139. The van der Waals surface area contributed by atoms with E-state index in [2.05, 4.69) is 5.10 Å². The molecule has 0 bridgehead atoms. The fourth-order valence-electron chi connectivity index (χ4n) is 2.74. The van der Waals surface area contributed by atoms with Gasteiger partial charge in [-0.25, -0.2) is 8.42 Å². The van der Waals surface area contributed by atoms with Crippen LogP contribution in [0.5, 0.6) is 0 Å². The minimum Gasteiger partial charge on any atom is -0.480 e. The summed E-state index contributed by atoms with van der Waals surface area (Å²) in [6, 6.07) is 1.38. The summed E-state index contributed by atoms with van der Waals surface area (Å²) >= 11 is 0. The van der Waals surface area contributed by atoms with Crippen molar-refractivity contribution >= 4 is 15.8 Å². The van der Waals surface area contributed by atoms with Crippen molar-refractivity contribution in [3.63, 3.8) is 0 Å². The summed E-state index contributed by atoms with van der Waals surface area (Å²) in [6.45, 7) is 1.71. The zero-order valence-electron chi connectivity index (χ0n) is 11.6. The van der Waals surface area contributed by atoms with Crippen LogP contribution < -0.4 is 0 Å². The highest BCUT2D eigenvalue weighted by molar-refractivity contribution is 7.91. The first-order valence-corrected chi connectivity index (χ1v) is 8.28. The van der Waals surface area contributed by atoms with Crippen molar-refractivity contribution in [2.45, 2.75) is 25.4 Å². The lowest BCUT2D eigenvalue weighted by Gasteiger charge is -2.32. The molecule has 8 heteroatoms. The van der Waals surface area contributed by atoms with Gasteiger partial charge in [0.25, 0.3) is 0 Å². The fourth-order valence-corrected chi connectivity index (χ4v) is 4.48. The van der Waals surface area contributed by atoms with Gasteiger partial charge >= 0.3 is 5.97 Å². The molecule has 1 N–H and O–H groups in total. The Morgan fingerprint density at radius 2 is 2.35 bits per heavy atom. The van der Waals surface area contributed by atoms with Crippen molar-refractivity contribution in [3.8, 4) is 0 Å². The summed E-state index contributed by atoms with van der Waals surface area (Å²) < 4.78 is 24.9. The molecule has 20 heavy (non-hydrogen) atoms. The van der Waals surface area contributed by atoms with E-state index >= 15 is 0 Å². The molecule has 1 aromatic heterocycles. The van der Waals surface area contributed by atoms with Gasteiger partial charge in [-0.05, 0) is 19.4 Å². The summed E-state index contributed by atoms with van der Waals surface area (Å²) in [4.78, 5) is 12.8. The van der Waals surface area contributed by atoms with Crippen molar-refractivity contribution in [1.82, 2.24) is 14.7 Å². The molecule has 2 unspecified atom stereocenters. The van der Waals surface area contributed by atoms with Crippen molar-refractivity contribution in [3.05, 3.63) is 18.0 Å². The molecule has 0 saturated carbocycles. The topological polar surface area (TPSA) is 92.5 Å². The second kappa shape index (κ2) is 5.53. The molecular weight excluding hydrogens is 282 g/mol. The van der Waals surface area contributed by atoms with Gasteiger partial charge in [-0.15, -0.1) is 0 Å². The third kappa shape index (κ3) is 3.18. The second-order valence-corrected chi connectivity index (χ2v) is 7.41. The van der Waals surface area contributed by atoms with Crippen molar-refractivity contribution in [2.75, 3.05) is 18.1 Å². The fraction of sp³-hybridized carbons (Fsp3) is 0.667. The van der Waals surface area contributed by atoms with E-state index in [4.69, 9.17) is 5.11 Å². The molecule has 1 aliphatic heterocycles. The van der Waals surface area contributed by atoms with Gasteiger partial charge in [0.05, 0.1) is 23.7 Å². The zero-order chi connectivity index (χ0) is 14.9. The summed E-state index contributed by atoms with van der Waals surface area (Å²) in [5.74, 6) is -0.794. The molecule has 1 aromatic rings. The summed E-state index contributed by atoms with van der Waals surface area (Å²) in [5, 5.41) is 13.2. The van der Waals surface area contributed by atoms with Crippen LogP contribution >= 0.6 is 0 Å². The number of sulfone groups is 1. The average Bonchev–Trinajstić information content (AvgIpc) is 2.91. The number of carbonyl (C=O) groups is 1. The SMILES string of the molecule is CC(c1ccnn1C)N(CC(=O)O)C1CCS(=O)(=O)C1. The van der Waals surface area contributed by atoms with Crippen LogP contribution in [0, 0.1) is 0 Å². The summed E-state index contributed by atoms with van der Waals surface area (Å²) in [7, 11) is -1.26. The molecule has 1 fully saturated rings. The highest BCUT2D eigenvalue weighted by Gasteiger charge is 2.36. The van der Waals surface area contributed by atoms with Crippen LogP contribution in [0.15, 0.2) is 12.3 Å². The molecule has 7 nitrogen and oxygen atoms in total. The first-order valence-electron chi connectivity index (χ1n) is 6.46. The molecule has 2 heterocycles. The first-order chi connectivity index (χ1) is 9.30. The van der Waals surface area contributed by atoms with Crippen LogP contribution in [0.2, 0.25) is 0 Å². The number of aliphatic carboxylic acids is 1. The molecule has 2 atom stereocenters. The van der Waals surface area contributed by atoms with Gasteiger partial charge in [-0.3, -0.25) is 14.4 Å². The van der Waals surface area contributed by atoms with Crippen molar-refractivity contribution in [2.24, 2.45) is 7.05 Å². The normalized spacial score (nSPS) is 23.1. The Balaban J connectivity index is 2.24. The number of hydrogen-bond acceptors (Lipinski definition) is 5. The van der Waals surface area contributed by atoms with Crippen LogP contribution in [-0.2, 0) is 21.7 Å². The van der Waals surface area contributed by atoms with Crippen molar-refractivity contribution < 1.29 is 18.3 Å². The van der Waals surface area contributed by atoms with Crippen LogP contribution in [-0.4, -0.2) is 58.3 Å². The first kappa shape index (κ1) is 15.0. The molecule has 1 saturated heterocycles. The smallest absolute Gasteiger partial charge is 0.317 e. The maximum Gasteiger partial charge on any atom is 0.317 e. The third-order valence-corrected chi connectivity index (χ3v) is 5.53. The third-order valence-electron chi connectivity index (χ3n) is 3.78. The minimum atomic E-state index is -3.05. The number of aryl methyl sites for hydroxylation is 1. The predicted octanol–water partition coefficient (Wildman–Crippen LogP) is 0.0548. The Labute approximate surface area is 118 Å². The Morgan fingerprint density at radius 3 is 2.80 bits per heavy atom. The quantitative estimate of drug-likeness (QED) is 0.826. The number of rotatable bonds is 5. The zero-order valence-corrected chi connectivity index (χ0v) is 12.4. The lowest BCUT2D eigenvalue weighted by atomic mass is 10.1. The van der Waals surface area contributed by atoms with E-state index in [0.29, 0.717) is 6.42 Å². The monoisotopic (exact) mass is 301 g/mol. The van der Waals surface area contributed by atoms with Crippen LogP contribution in [0.3, 0.4) is 0 Å². The number of hydrogen-bond donors (Lipinski definition) is 1. The Hall–Kier alpha value is -1.41. The Morgan fingerprint density at radius 1 is 1.65 bits per heavy atom. The van der Waals surface area contributed by atoms with Gasteiger partial charge in [-0.1, -0.05) is 0 Å². The lowest BCUT2D eigenvalue weighted by Crippen LogP contribution is -2.42. The van der Waals surface area contributed by atoms with E-state index in [1.54, 1.807) is 22.8 Å². The van der Waals surface area contributed by atoms with Crippen LogP contribution in [0.25, 0.3) is 0 Å². The molecule has 112 valence electrons. The van der Waals surface area contributed by atoms with Crippen LogP contribution in [0.1, 0.15) is 25.1 Å². The highest BCUT2D eigenvalue weighted by Crippen LogP contribution is 2.27.